The molecule has 114 valence electrons. The molecule has 1 N–H and O–H groups in total. The lowest BCUT2D eigenvalue weighted by atomic mass is 9.79. The first-order valence-corrected chi connectivity index (χ1v) is 6.81. The van der Waals surface area contributed by atoms with Crippen LogP contribution in [0.2, 0.25) is 0 Å². The number of piperidine rings is 1. The summed E-state index contributed by atoms with van der Waals surface area (Å²) in [5.74, 6) is -2.62. The molecule has 1 fully saturated rings. The van der Waals surface area contributed by atoms with Crippen LogP contribution >= 0.6 is 0 Å². The summed E-state index contributed by atoms with van der Waals surface area (Å²) in [7, 11) is 1.44. The third-order valence-electron chi connectivity index (χ3n) is 3.80. The van der Waals surface area contributed by atoms with Gasteiger partial charge in [0, 0.05) is 19.4 Å². The average Bonchev–Trinajstić information content (AvgIpc) is 2.45. The number of carbonyl (C=O) groups is 2. The van der Waals surface area contributed by atoms with Gasteiger partial charge in [-0.2, -0.15) is 0 Å². The fourth-order valence-electron chi connectivity index (χ4n) is 2.61. The maximum atomic E-state index is 13.0. The highest BCUT2D eigenvalue weighted by Gasteiger charge is 2.45. The second-order valence-electron chi connectivity index (χ2n) is 5.06. The Morgan fingerprint density at radius 2 is 2.05 bits per heavy atom. The molecule has 1 heterocycles. The maximum Gasteiger partial charge on any atom is 0.314 e. The first kappa shape index (κ1) is 15.4. The van der Waals surface area contributed by atoms with E-state index < -0.39 is 29.9 Å². The molecule has 0 radical (unpaired) electrons. The minimum Gasteiger partial charge on any atom is -0.466 e. The number of aliphatic hydroxyl groups is 1. The molecule has 3 atom stereocenters. The van der Waals surface area contributed by atoms with Gasteiger partial charge < -0.3 is 14.7 Å². The molecule has 21 heavy (non-hydrogen) atoms. The van der Waals surface area contributed by atoms with E-state index in [0.717, 1.165) is 4.90 Å². The van der Waals surface area contributed by atoms with Crippen molar-refractivity contribution in [1.82, 2.24) is 4.90 Å². The SMILES string of the molecule is CCOC(=O)C1C(c2ccc(F)cc2)CC(=O)N(C)C1O. The molecule has 6 heteroatoms. The molecular formula is C15H18FNO4. The standard InChI is InChI=1S/C15H18FNO4/c1-3-21-15(20)13-11(8-12(18)17(2)14(13)19)9-4-6-10(16)7-5-9/h4-7,11,13-14,19H,3,8H2,1-2H3. The van der Waals surface area contributed by atoms with Gasteiger partial charge >= 0.3 is 5.97 Å². The minimum atomic E-state index is -1.25. The number of aliphatic hydroxyl groups excluding tert-OH is 1. The van der Waals surface area contributed by atoms with Crippen molar-refractivity contribution in [3.8, 4) is 0 Å². The predicted molar refractivity (Wildman–Crippen MR) is 72.7 cm³/mol. The Morgan fingerprint density at radius 3 is 2.62 bits per heavy atom. The van der Waals surface area contributed by atoms with E-state index in [2.05, 4.69) is 0 Å². The van der Waals surface area contributed by atoms with Crippen LogP contribution in [0.4, 0.5) is 4.39 Å². The highest BCUT2D eigenvalue weighted by Crippen LogP contribution is 2.37. The highest BCUT2D eigenvalue weighted by atomic mass is 19.1. The third kappa shape index (κ3) is 3.05. The van der Waals surface area contributed by atoms with Gasteiger partial charge in [0.15, 0.2) is 0 Å². The topological polar surface area (TPSA) is 66.8 Å². The van der Waals surface area contributed by atoms with Crippen LogP contribution in [0.15, 0.2) is 24.3 Å². The quantitative estimate of drug-likeness (QED) is 0.853. The van der Waals surface area contributed by atoms with Gasteiger partial charge in [-0.25, -0.2) is 4.39 Å². The molecule has 1 aliphatic heterocycles. The smallest absolute Gasteiger partial charge is 0.314 e. The Hall–Kier alpha value is -1.95. The number of nitrogens with zero attached hydrogens (tertiary/aromatic N) is 1. The number of benzene rings is 1. The van der Waals surface area contributed by atoms with Crippen molar-refractivity contribution in [2.45, 2.75) is 25.5 Å². The van der Waals surface area contributed by atoms with E-state index in [4.69, 9.17) is 4.74 Å². The van der Waals surface area contributed by atoms with Gasteiger partial charge in [-0.3, -0.25) is 9.59 Å². The van der Waals surface area contributed by atoms with Crippen molar-refractivity contribution in [2.24, 2.45) is 5.92 Å². The van der Waals surface area contributed by atoms with Gasteiger partial charge in [0.05, 0.1) is 6.61 Å². The van der Waals surface area contributed by atoms with Crippen LogP contribution in [0.25, 0.3) is 0 Å². The van der Waals surface area contributed by atoms with Gasteiger partial charge in [-0.05, 0) is 24.6 Å². The fourth-order valence-corrected chi connectivity index (χ4v) is 2.61. The van der Waals surface area contributed by atoms with E-state index >= 15 is 0 Å². The molecular weight excluding hydrogens is 277 g/mol. The summed E-state index contributed by atoms with van der Waals surface area (Å²) in [4.78, 5) is 25.2. The number of ether oxygens (including phenoxy) is 1. The van der Waals surface area contributed by atoms with Crippen LogP contribution in [-0.2, 0) is 14.3 Å². The van der Waals surface area contributed by atoms with Crippen LogP contribution in [0.1, 0.15) is 24.8 Å². The molecule has 1 saturated heterocycles. The van der Waals surface area contributed by atoms with E-state index in [1.165, 1.54) is 31.3 Å². The first-order valence-electron chi connectivity index (χ1n) is 6.81. The Balaban J connectivity index is 2.36. The maximum absolute atomic E-state index is 13.0. The molecule has 1 amide bonds. The van der Waals surface area contributed by atoms with Gasteiger partial charge in [0.2, 0.25) is 5.91 Å². The third-order valence-corrected chi connectivity index (χ3v) is 3.80. The zero-order valence-electron chi connectivity index (χ0n) is 12.0. The van der Waals surface area contributed by atoms with E-state index in [1.807, 2.05) is 0 Å². The number of rotatable bonds is 3. The summed E-state index contributed by atoms with van der Waals surface area (Å²) < 4.78 is 18.0. The van der Waals surface area contributed by atoms with Crippen molar-refractivity contribution in [3.63, 3.8) is 0 Å². The molecule has 1 aliphatic rings. The summed E-state index contributed by atoms with van der Waals surface area (Å²) in [6.07, 6.45) is -1.18. The van der Waals surface area contributed by atoms with Gasteiger partial charge in [-0.15, -0.1) is 0 Å². The zero-order valence-corrected chi connectivity index (χ0v) is 12.0. The Labute approximate surface area is 122 Å². The summed E-state index contributed by atoms with van der Waals surface area (Å²) in [5, 5.41) is 10.2. The molecule has 0 bridgehead atoms. The van der Waals surface area contributed by atoms with Gasteiger partial charge in [0.25, 0.3) is 0 Å². The number of carbonyl (C=O) groups excluding carboxylic acids is 2. The molecule has 0 aromatic heterocycles. The Kier molecular flexibility index (Phi) is 4.57. The predicted octanol–water partition coefficient (Wildman–Crippen LogP) is 1.27. The Bertz CT molecular complexity index is 531. The van der Waals surface area contributed by atoms with Crippen molar-refractivity contribution in [1.29, 1.82) is 0 Å². The van der Waals surface area contributed by atoms with Crippen molar-refractivity contribution >= 4 is 11.9 Å². The summed E-state index contributed by atoms with van der Waals surface area (Å²) in [6, 6.07) is 5.59. The lowest BCUT2D eigenvalue weighted by Crippen LogP contribution is -2.52. The minimum absolute atomic E-state index is 0.0721. The lowest BCUT2D eigenvalue weighted by molar-refractivity contribution is -0.169. The molecule has 3 unspecified atom stereocenters. The Morgan fingerprint density at radius 1 is 1.43 bits per heavy atom. The molecule has 0 saturated carbocycles. The first-order chi connectivity index (χ1) is 9.95. The van der Waals surface area contributed by atoms with Crippen LogP contribution < -0.4 is 0 Å². The fraction of sp³-hybridized carbons (Fsp3) is 0.467. The van der Waals surface area contributed by atoms with Crippen LogP contribution in [0.3, 0.4) is 0 Å². The number of amides is 1. The highest BCUT2D eigenvalue weighted by molar-refractivity contribution is 5.83. The van der Waals surface area contributed by atoms with E-state index in [1.54, 1.807) is 6.92 Å². The van der Waals surface area contributed by atoms with Gasteiger partial charge in [0.1, 0.15) is 18.0 Å². The van der Waals surface area contributed by atoms with E-state index in [0.29, 0.717) is 5.56 Å². The molecule has 1 aromatic carbocycles. The second kappa shape index (κ2) is 6.22. The van der Waals surface area contributed by atoms with Crippen molar-refractivity contribution in [3.05, 3.63) is 35.6 Å². The summed E-state index contributed by atoms with van der Waals surface area (Å²) in [5.41, 5.74) is 0.634. The second-order valence-corrected chi connectivity index (χ2v) is 5.06. The van der Waals surface area contributed by atoms with E-state index in [9.17, 15) is 19.1 Å². The molecule has 2 rings (SSSR count). The summed E-state index contributed by atoms with van der Waals surface area (Å²) in [6.45, 7) is 1.87. The normalized spacial score (nSPS) is 25.8. The van der Waals surface area contributed by atoms with Crippen molar-refractivity contribution in [2.75, 3.05) is 13.7 Å². The van der Waals surface area contributed by atoms with Crippen molar-refractivity contribution < 1.29 is 23.8 Å². The molecule has 5 nitrogen and oxygen atoms in total. The monoisotopic (exact) mass is 295 g/mol. The number of halogens is 1. The number of esters is 1. The largest absolute Gasteiger partial charge is 0.466 e. The average molecular weight is 295 g/mol. The van der Waals surface area contributed by atoms with E-state index in [-0.39, 0.29) is 18.9 Å². The molecule has 0 aliphatic carbocycles. The van der Waals surface area contributed by atoms with Crippen LogP contribution in [0, 0.1) is 11.7 Å². The zero-order chi connectivity index (χ0) is 15.6. The number of hydrogen-bond acceptors (Lipinski definition) is 4. The molecule has 0 spiro atoms. The number of likely N-dealkylation sites (tertiary alicyclic amines) is 1. The van der Waals surface area contributed by atoms with Crippen LogP contribution in [0.5, 0.6) is 0 Å². The molecule has 1 aromatic rings. The van der Waals surface area contributed by atoms with Crippen LogP contribution in [-0.4, -0.2) is 41.8 Å². The number of hydrogen-bond donors (Lipinski definition) is 1. The van der Waals surface area contributed by atoms with Gasteiger partial charge in [-0.1, -0.05) is 12.1 Å². The lowest BCUT2D eigenvalue weighted by Gasteiger charge is -2.39. The summed E-state index contributed by atoms with van der Waals surface area (Å²) >= 11 is 0.